The number of hydrogen-bond donors (Lipinski definition) is 1. The summed E-state index contributed by atoms with van der Waals surface area (Å²) >= 11 is 0. The van der Waals surface area contributed by atoms with Crippen LogP contribution in [0.25, 0.3) is 0 Å². The Bertz CT molecular complexity index is 1350. The third-order valence-electron chi connectivity index (χ3n) is 5.53. The lowest BCUT2D eigenvalue weighted by atomic mass is 9.99. The molecule has 0 unspecified atom stereocenters. The van der Waals surface area contributed by atoms with Gasteiger partial charge in [0.05, 0.1) is 0 Å². The number of rotatable bonds is 8. The molecule has 0 atom stereocenters. The fourth-order valence-corrected chi connectivity index (χ4v) is 3.54. The maximum Gasteiger partial charge on any atom is 0.255 e. The Morgan fingerprint density at radius 3 is 1.57 bits per heavy atom. The number of aryl methyl sites for hydroxylation is 1. The average Bonchev–Trinajstić information content (AvgIpc) is 2.88. The van der Waals surface area contributed by atoms with Crippen LogP contribution in [0.1, 0.15) is 48.6 Å². The monoisotopic (exact) mass is 469 g/mol. The highest BCUT2D eigenvalue weighted by Crippen LogP contribution is 2.17. The van der Waals surface area contributed by atoms with Crippen LogP contribution in [0.5, 0.6) is 0 Å². The third kappa shape index (κ3) is 6.12. The number of halogens is 2. The first-order valence-electron chi connectivity index (χ1n) is 11.0. The van der Waals surface area contributed by atoms with Gasteiger partial charge in [0.25, 0.3) is 5.91 Å². The van der Waals surface area contributed by atoms with Crippen LogP contribution in [0, 0.1) is 11.6 Å². The molecular formula is C29H21F2NO3. The Labute approximate surface area is 201 Å². The number of benzene rings is 4. The van der Waals surface area contributed by atoms with Gasteiger partial charge in [-0.1, -0.05) is 24.3 Å². The van der Waals surface area contributed by atoms with Crippen LogP contribution in [0.3, 0.4) is 0 Å². The molecule has 4 aromatic carbocycles. The SMILES string of the molecule is O=C(CCc1ccc(C(=O)c2ccc(NC(=O)c3ccc(F)cc3)cc2)cc1)c1ccc(F)cc1. The van der Waals surface area contributed by atoms with Crippen molar-refractivity contribution in [3.63, 3.8) is 0 Å². The maximum atomic E-state index is 13.0. The highest BCUT2D eigenvalue weighted by atomic mass is 19.1. The van der Waals surface area contributed by atoms with Crippen LogP contribution in [-0.2, 0) is 6.42 Å². The van der Waals surface area contributed by atoms with Gasteiger partial charge < -0.3 is 5.32 Å². The first-order valence-corrected chi connectivity index (χ1v) is 11.0. The third-order valence-corrected chi connectivity index (χ3v) is 5.53. The molecule has 0 aliphatic heterocycles. The van der Waals surface area contributed by atoms with Crippen molar-refractivity contribution in [3.05, 3.63) is 137 Å². The standard InChI is InChI=1S/C29H21F2NO3/c30-24-12-6-20(7-13-24)27(33)18-3-19-1-4-21(5-2-19)28(34)22-10-16-26(17-11-22)32-29(35)23-8-14-25(31)15-9-23/h1-2,4-17H,3,18H2,(H,32,35). The minimum Gasteiger partial charge on any atom is -0.322 e. The molecule has 0 bridgehead atoms. The normalized spacial score (nSPS) is 10.6. The minimum atomic E-state index is -0.420. The second-order valence-corrected chi connectivity index (χ2v) is 7.99. The summed E-state index contributed by atoms with van der Waals surface area (Å²) in [5.74, 6) is -1.42. The number of nitrogens with one attached hydrogen (secondary N) is 1. The Kier molecular flexibility index (Phi) is 7.21. The molecule has 6 heteroatoms. The van der Waals surface area contributed by atoms with Crippen molar-refractivity contribution in [1.82, 2.24) is 0 Å². The van der Waals surface area contributed by atoms with E-state index in [4.69, 9.17) is 0 Å². The zero-order valence-corrected chi connectivity index (χ0v) is 18.6. The van der Waals surface area contributed by atoms with Crippen molar-refractivity contribution in [1.29, 1.82) is 0 Å². The van der Waals surface area contributed by atoms with Crippen LogP contribution in [0.15, 0.2) is 97.1 Å². The molecule has 0 fully saturated rings. The molecule has 0 aromatic heterocycles. The molecule has 0 saturated heterocycles. The number of Topliss-reactive ketones (excluding diaryl/α,β-unsaturated/α-hetero) is 1. The van der Waals surface area contributed by atoms with Gasteiger partial charge in [-0.15, -0.1) is 0 Å². The summed E-state index contributed by atoms with van der Waals surface area (Å²) in [5, 5.41) is 2.71. The highest BCUT2D eigenvalue weighted by Gasteiger charge is 2.12. The summed E-state index contributed by atoms with van der Waals surface area (Å²) in [6.45, 7) is 0. The molecule has 4 nitrogen and oxygen atoms in total. The van der Waals surface area contributed by atoms with Crippen LogP contribution in [-0.4, -0.2) is 17.5 Å². The largest absolute Gasteiger partial charge is 0.322 e. The van der Waals surface area contributed by atoms with Gasteiger partial charge in [-0.2, -0.15) is 0 Å². The van der Waals surface area contributed by atoms with Crippen molar-refractivity contribution in [2.24, 2.45) is 0 Å². The topological polar surface area (TPSA) is 63.2 Å². The van der Waals surface area contributed by atoms with Crippen molar-refractivity contribution < 1.29 is 23.2 Å². The van der Waals surface area contributed by atoms with E-state index in [0.29, 0.717) is 34.4 Å². The summed E-state index contributed by atoms with van der Waals surface area (Å²) in [7, 11) is 0. The van der Waals surface area contributed by atoms with E-state index in [9.17, 15) is 23.2 Å². The molecule has 0 aliphatic rings. The lowest BCUT2D eigenvalue weighted by Crippen LogP contribution is -2.12. The van der Waals surface area contributed by atoms with Gasteiger partial charge in [0.1, 0.15) is 11.6 Å². The predicted octanol–water partition coefficient (Wildman–Crippen LogP) is 6.26. The summed E-state index contributed by atoms with van der Waals surface area (Å²) in [6, 6.07) is 24.2. The van der Waals surface area contributed by atoms with E-state index in [1.54, 1.807) is 36.4 Å². The lowest BCUT2D eigenvalue weighted by Gasteiger charge is -2.07. The fourth-order valence-electron chi connectivity index (χ4n) is 3.54. The van der Waals surface area contributed by atoms with Crippen molar-refractivity contribution >= 4 is 23.2 Å². The Morgan fingerprint density at radius 1 is 0.571 bits per heavy atom. The van der Waals surface area contributed by atoms with Crippen LogP contribution in [0.2, 0.25) is 0 Å². The van der Waals surface area contributed by atoms with Gasteiger partial charge in [-0.3, -0.25) is 14.4 Å². The fraction of sp³-hybridized carbons (Fsp3) is 0.0690. The number of ketones is 2. The van der Waals surface area contributed by atoms with E-state index in [2.05, 4.69) is 5.32 Å². The van der Waals surface area contributed by atoms with Gasteiger partial charge >= 0.3 is 0 Å². The summed E-state index contributed by atoms with van der Waals surface area (Å²) in [6.07, 6.45) is 0.789. The van der Waals surface area contributed by atoms with Gasteiger partial charge in [0.15, 0.2) is 11.6 Å². The van der Waals surface area contributed by atoms with E-state index >= 15 is 0 Å². The van der Waals surface area contributed by atoms with Crippen molar-refractivity contribution in [3.8, 4) is 0 Å². The molecular weight excluding hydrogens is 448 g/mol. The molecule has 0 saturated carbocycles. The molecule has 0 radical (unpaired) electrons. The molecule has 0 aliphatic carbocycles. The van der Waals surface area contributed by atoms with E-state index < -0.39 is 5.82 Å². The predicted molar refractivity (Wildman–Crippen MR) is 130 cm³/mol. The minimum absolute atomic E-state index is 0.0724. The maximum absolute atomic E-state index is 13.0. The van der Waals surface area contributed by atoms with Gasteiger partial charge in [-0.05, 0) is 84.8 Å². The van der Waals surface area contributed by atoms with Gasteiger partial charge in [-0.25, -0.2) is 8.78 Å². The molecule has 174 valence electrons. The van der Waals surface area contributed by atoms with E-state index in [1.807, 2.05) is 12.1 Å². The van der Waals surface area contributed by atoms with Crippen LogP contribution >= 0.6 is 0 Å². The van der Waals surface area contributed by atoms with Crippen molar-refractivity contribution in [2.45, 2.75) is 12.8 Å². The van der Waals surface area contributed by atoms with E-state index in [-0.39, 0.29) is 29.7 Å². The molecule has 4 aromatic rings. The summed E-state index contributed by atoms with van der Waals surface area (Å²) in [5.41, 5.74) is 3.18. The molecule has 0 heterocycles. The number of carbonyl (C=O) groups excluding carboxylic acids is 3. The Balaban J connectivity index is 1.34. The van der Waals surface area contributed by atoms with Crippen LogP contribution in [0.4, 0.5) is 14.5 Å². The number of hydrogen-bond acceptors (Lipinski definition) is 3. The van der Waals surface area contributed by atoms with Gasteiger partial charge in [0, 0.05) is 34.4 Å². The summed E-state index contributed by atoms with van der Waals surface area (Å²) < 4.78 is 26.0. The smallest absolute Gasteiger partial charge is 0.255 e. The lowest BCUT2D eigenvalue weighted by molar-refractivity contribution is 0.0980. The van der Waals surface area contributed by atoms with Crippen LogP contribution < -0.4 is 5.32 Å². The van der Waals surface area contributed by atoms with E-state index in [0.717, 1.165) is 5.56 Å². The van der Waals surface area contributed by atoms with E-state index in [1.165, 1.54) is 48.5 Å². The second kappa shape index (κ2) is 10.7. The van der Waals surface area contributed by atoms with Gasteiger partial charge in [0.2, 0.25) is 0 Å². The Hall–Kier alpha value is -4.45. The quantitative estimate of drug-likeness (QED) is 0.310. The Morgan fingerprint density at radius 2 is 1.03 bits per heavy atom. The molecule has 35 heavy (non-hydrogen) atoms. The first-order chi connectivity index (χ1) is 16.9. The molecule has 4 rings (SSSR count). The number of amides is 1. The zero-order chi connectivity index (χ0) is 24.8. The first kappa shape index (κ1) is 23.7. The highest BCUT2D eigenvalue weighted by molar-refractivity contribution is 6.09. The molecule has 1 N–H and O–H groups in total. The second-order valence-electron chi connectivity index (χ2n) is 7.99. The average molecular weight is 469 g/mol. The summed E-state index contributed by atoms with van der Waals surface area (Å²) in [4.78, 5) is 37.3. The molecule has 0 spiro atoms. The zero-order valence-electron chi connectivity index (χ0n) is 18.6. The number of anilines is 1. The molecule has 1 amide bonds. The number of carbonyl (C=O) groups is 3. The van der Waals surface area contributed by atoms with Crippen molar-refractivity contribution in [2.75, 3.05) is 5.32 Å².